The first-order valence-electron chi connectivity index (χ1n) is 7.01. The van der Waals surface area contributed by atoms with Gasteiger partial charge in [-0.05, 0) is 0 Å². The molecule has 0 N–H and O–H groups in total. The van der Waals surface area contributed by atoms with Crippen LogP contribution in [0.3, 0.4) is 0 Å². The highest BCUT2D eigenvalue weighted by molar-refractivity contribution is 8.13. The lowest BCUT2D eigenvalue weighted by Gasteiger charge is -2.42. The maximum Gasteiger partial charge on any atom is 0.460 e. The van der Waals surface area contributed by atoms with Gasteiger partial charge >= 0.3 is 47.6 Å². The zero-order valence-electron chi connectivity index (χ0n) is 14.2. The van der Waals surface area contributed by atoms with Crippen molar-refractivity contribution in [2.24, 2.45) is 0 Å². The van der Waals surface area contributed by atoms with Crippen LogP contribution >= 0.6 is 11.8 Å². The highest BCUT2D eigenvalue weighted by Gasteiger charge is 2.95. The minimum atomic E-state index is -8.63. The van der Waals surface area contributed by atoms with Crippen LogP contribution in [-0.4, -0.2) is 58.5 Å². The number of rotatable bonds is 9. The number of carbonyl (C=O) groups excluding carboxylic acids is 1. The van der Waals surface area contributed by atoms with Gasteiger partial charge in [0.1, 0.15) is 0 Å². The first-order valence-corrected chi connectivity index (χ1v) is 8.00. The topological polar surface area (TPSA) is 17.1 Å². The molecule has 0 aromatic heterocycles. The molecular weight excluding hydrogens is 515 g/mol. The van der Waals surface area contributed by atoms with E-state index in [0.29, 0.717) is 6.92 Å². The van der Waals surface area contributed by atoms with Crippen LogP contribution in [0.2, 0.25) is 0 Å². The number of hydrogen-bond acceptors (Lipinski definition) is 2. The lowest BCUT2D eigenvalue weighted by molar-refractivity contribution is -0.461. The lowest BCUT2D eigenvalue weighted by Crippen LogP contribution is -2.74. The Morgan fingerprint density at radius 1 is 0.548 bits per heavy atom. The molecule has 0 aromatic rings. The Labute approximate surface area is 164 Å². The van der Waals surface area contributed by atoms with Crippen molar-refractivity contribution in [3.05, 3.63) is 0 Å². The van der Waals surface area contributed by atoms with E-state index in [1.807, 2.05) is 0 Å². The van der Waals surface area contributed by atoms with Gasteiger partial charge in [0.15, 0.2) is 5.12 Å². The molecule has 31 heavy (non-hydrogen) atoms. The predicted octanol–water partition coefficient (Wildman–Crippen LogP) is 6.67. The molecule has 0 heterocycles. The number of hydrogen-bond donors (Lipinski definition) is 0. The van der Waals surface area contributed by atoms with Crippen LogP contribution in [0.5, 0.6) is 0 Å². The Kier molecular flexibility index (Phi) is 7.70. The molecule has 0 saturated heterocycles. The van der Waals surface area contributed by atoms with Gasteiger partial charge < -0.3 is 0 Å². The molecule has 0 fully saturated rings. The monoisotopic (exact) mass is 522 g/mol. The first-order chi connectivity index (χ1) is 13.2. The Morgan fingerprint density at radius 2 is 0.839 bits per heavy atom. The summed E-state index contributed by atoms with van der Waals surface area (Å²) in [4.78, 5) is 10.5. The van der Waals surface area contributed by atoms with Crippen LogP contribution in [0.15, 0.2) is 0 Å². The molecule has 0 rings (SSSR count). The van der Waals surface area contributed by atoms with Crippen molar-refractivity contribution in [1.82, 2.24) is 0 Å². The van der Waals surface area contributed by atoms with E-state index in [-0.39, 0.29) is 11.8 Å². The molecule has 186 valence electrons. The SMILES string of the molecule is CC(=O)SCCC(F)(F)C(F)(F)C(F)(F)C(F)(F)C(F)(F)C(F)(F)C(F)(F)C(F)(F)F. The van der Waals surface area contributed by atoms with Crippen LogP contribution in [0.1, 0.15) is 13.3 Å². The number of halogens is 17. The van der Waals surface area contributed by atoms with Crippen molar-refractivity contribution < 1.29 is 79.4 Å². The average molecular weight is 522 g/mol. The van der Waals surface area contributed by atoms with Crippen molar-refractivity contribution in [1.29, 1.82) is 0 Å². The van der Waals surface area contributed by atoms with Crippen LogP contribution in [0.4, 0.5) is 74.6 Å². The minimum Gasteiger partial charge on any atom is -0.288 e. The molecule has 0 saturated carbocycles. The van der Waals surface area contributed by atoms with Crippen LogP contribution < -0.4 is 0 Å². The summed E-state index contributed by atoms with van der Waals surface area (Å²) < 4.78 is 220. The summed E-state index contributed by atoms with van der Waals surface area (Å²) in [5.41, 5.74) is 0. The Balaban J connectivity index is 6.46. The first kappa shape index (κ1) is 29.8. The summed E-state index contributed by atoms with van der Waals surface area (Å²) >= 11 is -0.269. The molecule has 0 unspecified atom stereocenters. The van der Waals surface area contributed by atoms with E-state index in [1.54, 1.807) is 0 Å². The van der Waals surface area contributed by atoms with Gasteiger partial charge in [-0.2, -0.15) is 74.6 Å². The normalized spacial score (nSPS) is 15.9. The molecular formula is C12H7F17OS. The number of carbonyl (C=O) groups is 1. The van der Waals surface area contributed by atoms with E-state index < -0.39 is 64.9 Å². The molecule has 0 aliphatic rings. The molecule has 0 amide bonds. The fraction of sp³-hybridized carbons (Fsp3) is 0.917. The van der Waals surface area contributed by atoms with Crippen LogP contribution in [0.25, 0.3) is 0 Å². The molecule has 0 aliphatic carbocycles. The van der Waals surface area contributed by atoms with E-state index in [1.165, 1.54) is 0 Å². The molecule has 0 spiro atoms. The minimum absolute atomic E-state index is 0.269. The second kappa shape index (κ2) is 8.00. The van der Waals surface area contributed by atoms with Crippen molar-refractivity contribution in [3.8, 4) is 0 Å². The van der Waals surface area contributed by atoms with Gasteiger partial charge in [-0.3, -0.25) is 4.79 Å². The van der Waals surface area contributed by atoms with Crippen LogP contribution in [0, 0.1) is 0 Å². The summed E-state index contributed by atoms with van der Waals surface area (Å²) in [6, 6.07) is 0. The van der Waals surface area contributed by atoms with Crippen molar-refractivity contribution in [3.63, 3.8) is 0 Å². The quantitative estimate of drug-likeness (QED) is 0.315. The van der Waals surface area contributed by atoms with Gasteiger partial charge in [0.25, 0.3) is 0 Å². The van der Waals surface area contributed by atoms with Crippen LogP contribution in [-0.2, 0) is 4.79 Å². The molecule has 0 bridgehead atoms. The van der Waals surface area contributed by atoms with Gasteiger partial charge in [0.05, 0.1) is 0 Å². The molecule has 0 atom stereocenters. The highest BCUT2D eigenvalue weighted by Crippen LogP contribution is 2.64. The Morgan fingerprint density at radius 3 is 1.13 bits per heavy atom. The number of thioether (sulfide) groups is 1. The Hall–Kier alpha value is -1.17. The molecule has 19 heteroatoms. The average Bonchev–Trinajstić information content (AvgIpc) is 2.51. The van der Waals surface area contributed by atoms with Gasteiger partial charge in [-0.1, -0.05) is 11.8 Å². The van der Waals surface area contributed by atoms with Crippen molar-refractivity contribution in [2.45, 2.75) is 61.0 Å². The highest BCUT2D eigenvalue weighted by atomic mass is 32.2. The smallest absolute Gasteiger partial charge is 0.288 e. The van der Waals surface area contributed by atoms with Gasteiger partial charge in [0.2, 0.25) is 0 Å². The number of alkyl halides is 17. The third kappa shape index (κ3) is 4.38. The summed E-state index contributed by atoms with van der Waals surface area (Å²) in [6.07, 6.45) is -10.4. The molecule has 0 aromatic carbocycles. The second-order valence-corrected chi connectivity index (χ2v) is 7.01. The van der Waals surface area contributed by atoms with E-state index in [0.717, 1.165) is 0 Å². The zero-order valence-corrected chi connectivity index (χ0v) is 15.0. The fourth-order valence-electron chi connectivity index (χ4n) is 1.68. The van der Waals surface area contributed by atoms with E-state index in [2.05, 4.69) is 0 Å². The van der Waals surface area contributed by atoms with E-state index in [9.17, 15) is 79.4 Å². The zero-order chi connectivity index (χ0) is 25.7. The molecule has 1 nitrogen and oxygen atoms in total. The summed E-state index contributed by atoms with van der Waals surface area (Å²) in [5, 5.41) is -1.10. The van der Waals surface area contributed by atoms with Crippen molar-refractivity contribution in [2.75, 3.05) is 5.75 Å². The van der Waals surface area contributed by atoms with Gasteiger partial charge in [0, 0.05) is 19.1 Å². The van der Waals surface area contributed by atoms with Crippen molar-refractivity contribution >= 4 is 16.9 Å². The predicted molar refractivity (Wildman–Crippen MR) is 68.4 cm³/mol. The summed E-state index contributed by atoms with van der Waals surface area (Å²) in [5.74, 6) is -57.8. The summed E-state index contributed by atoms with van der Waals surface area (Å²) in [6.45, 7) is 0.632. The van der Waals surface area contributed by atoms with E-state index >= 15 is 0 Å². The maximum atomic E-state index is 13.4. The maximum absolute atomic E-state index is 13.4. The standard InChI is InChI=1S/C12H7F17OS/c1-4(30)31-3-2-5(13,14)6(15,16)7(17,18)8(19,20)9(21,22)10(23,24)11(25,26)12(27,28)29/h2-3H2,1H3. The third-order valence-electron chi connectivity index (χ3n) is 3.51. The van der Waals surface area contributed by atoms with Gasteiger partial charge in [-0.25, -0.2) is 0 Å². The largest absolute Gasteiger partial charge is 0.460 e. The Bertz CT molecular complexity index is 665. The summed E-state index contributed by atoms with van der Waals surface area (Å²) in [7, 11) is 0. The van der Waals surface area contributed by atoms with Gasteiger partial charge in [-0.15, -0.1) is 0 Å². The fourth-order valence-corrected chi connectivity index (χ4v) is 2.32. The molecule has 0 aliphatic heterocycles. The molecule has 0 radical (unpaired) electrons. The second-order valence-electron chi connectivity index (χ2n) is 5.74. The van der Waals surface area contributed by atoms with E-state index in [4.69, 9.17) is 0 Å². The third-order valence-corrected chi connectivity index (χ3v) is 4.32. The lowest BCUT2D eigenvalue weighted by atomic mass is 9.88.